The van der Waals surface area contributed by atoms with Crippen molar-refractivity contribution in [2.75, 3.05) is 37.4 Å². The van der Waals surface area contributed by atoms with E-state index in [2.05, 4.69) is 10.3 Å². The smallest absolute Gasteiger partial charge is 0.244 e. The molecule has 0 radical (unpaired) electrons. The number of anilines is 1. The molecule has 1 N–H and O–H groups in total. The highest BCUT2D eigenvalue weighted by atomic mass is 32.2. The quantitative estimate of drug-likeness (QED) is 0.657. The van der Waals surface area contributed by atoms with Crippen LogP contribution in [0.2, 0.25) is 0 Å². The largest absolute Gasteiger partial charge is 0.486 e. The lowest BCUT2D eigenvalue weighted by atomic mass is 10.2. The van der Waals surface area contributed by atoms with Crippen LogP contribution in [0.15, 0.2) is 46.5 Å². The first kappa shape index (κ1) is 21.9. The van der Waals surface area contributed by atoms with E-state index in [1.807, 2.05) is 0 Å². The van der Waals surface area contributed by atoms with Gasteiger partial charge < -0.3 is 14.8 Å². The van der Waals surface area contributed by atoms with E-state index in [9.17, 15) is 13.2 Å². The Kier molecular flexibility index (Phi) is 6.99. The van der Waals surface area contributed by atoms with Crippen LogP contribution in [0.4, 0.5) is 5.69 Å². The summed E-state index contributed by atoms with van der Waals surface area (Å²) in [6.45, 7) is 2.10. The lowest BCUT2D eigenvalue weighted by Gasteiger charge is -2.19. The molecular formula is C21H25N3O5S2. The number of amides is 1. The maximum atomic E-state index is 12.8. The highest BCUT2D eigenvalue weighted by Gasteiger charge is 2.25. The van der Waals surface area contributed by atoms with Crippen molar-refractivity contribution < 1.29 is 22.7 Å². The number of rotatable bonds is 6. The molecule has 3 heterocycles. The summed E-state index contributed by atoms with van der Waals surface area (Å²) < 4.78 is 38.2. The van der Waals surface area contributed by atoms with E-state index in [0.29, 0.717) is 48.5 Å². The Morgan fingerprint density at radius 2 is 1.77 bits per heavy atom. The Morgan fingerprint density at radius 1 is 1.03 bits per heavy atom. The average Bonchev–Trinajstić information content (AvgIpc) is 3.08. The normalized spacial score (nSPS) is 17.0. The minimum absolute atomic E-state index is 0.152. The van der Waals surface area contributed by atoms with Crippen molar-refractivity contribution in [3.8, 4) is 11.5 Å². The van der Waals surface area contributed by atoms with E-state index in [1.165, 1.54) is 18.0 Å². The summed E-state index contributed by atoms with van der Waals surface area (Å²) in [6.07, 6.45) is 5.28. The summed E-state index contributed by atoms with van der Waals surface area (Å²) in [5.41, 5.74) is 0.627. The predicted molar refractivity (Wildman–Crippen MR) is 118 cm³/mol. The van der Waals surface area contributed by atoms with Crippen LogP contribution in [0.3, 0.4) is 0 Å². The minimum Gasteiger partial charge on any atom is -0.486 e. The molecule has 0 saturated carbocycles. The molecule has 0 unspecified atom stereocenters. The van der Waals surface area contributed by atoms with Crippen molar-refractivity contribution in [1.29, 1.82) is 0 Å². The first-order chi connectivity index (χ1) is 15.0. The first-order valence-electron chi connectivity index (χ1n) is 10.3. The second-order valence-electron chi connectivity index (χ2n) is 7.35. The van der Waals surface area contributed by atoms with Crippen LogP contribution in [0.25, 0.3) is 0 Å². The zero-order valence-electron chi connectivity index (χ0n) is 17.1. The molecule has 0 aliphatic carbocycles. The van der Waals surface area contributed by atoms with Gasteiger partial charge in [0.15, 0.2) is 11.5 Å². The van der Waals surface area contributed by atoms with Crippen molar-refractivity contribution in [3.63, 3.8) is 0 Å². The van der Waals surface area contributed by atoms with Crippen LogP contribution in [-0.4, -0.2) is 55.7 Å². The summed E-state index contributed by atoms with van der Waals surface area (Å²) in [6, 6.07) is 8.47. The molecule has 1 aromatic heterocycles. The molecule has 0 bridgehead atoms. The molecule has 1 saturated heterocycles. The number of aromatic nitrogens is 1. The van der Waals surface area contributed by atoms with Crippen molar-refractivity contribution in [2.24, 2.45) is 0 Å². The number of ether oxygens (including phenoxy) is 2. The lowest BCUT2D eigenvalue weighted by molar-refractivity contribution is -0.113. The van der Waals surface area contributed by atoms with Crippen molar-refractivity contribution in [3.05, 3.63) is 36.5 Å². The average molecular weight is 464 g/mol. The van der Waals surface area contributed by atoms with Crippen molar-refractivity contribution in [2.45, 2.75) is 35.6 Å². The second-order valence-corrected chi connectivity index (χ2v) is 10.3. The third kappa shape index (κ3) is 5.50. The molecule has 8 nitrogen and oxygen atoms in total. The number of carbonyl (C=O) groups excluding carboxylic acids is 1. The topological polar surface area (TPSA) is 97.8 Å². The molecule has 1 aromatic carbocycles. The van der Waals surface area contributed by atoms with Gasteiger partial charge in [-0.05, 0) is 37.1 Å². The SMILES string of the molecule is O=C(CSc1ccc(S(=O)(=O)N2CCCCCC2)cn1)Nc1ccc2c(c1)OCCO2. The van der Waals surface area contributed by atoms with Crippen LogP contribution in [0.1, 0.15) is 25.7 Å². The van der Waals surface area contributed by atoms with Gasteiger partial charge in [0.2, 0.25) is 15.9 Å². The highest BCUT2D eigenvalue weighted by Crippen LogP contribution is 2.32. The van der Waals surface area contributed by atoms with Gasteiger partial charge >= 0.3 is 0 Å². The van der Waals surface area contributed by atoms with Crippen molar-refractivity contribution in [1.82, 2.24) is 9.29 Å². The first-order valence-corrected chi connectivity index (χ1v) is 12.7. The van der Waals surface area contributed by atoms with Crippen LogP contribution >= 0.6 is 11.8 Å². The fraction of sp³-hybridized carbons (Fsp3) is 0.429. The maximum Gasteiger partial charge on any atom is 0.244 e. The predicted octanol–water partition coefficient (Wildman–Crippen LogP) is 3.15. The molecule has 4 rings (SSSR count). The molecule has 2 aliphatic heterocycles. The number of thioether (sulfide) groups is 1. The second kappa shape index (κ2) is 9.88. The Hall–Kier alpha value is -2.30. The summed E-state index contributed by atoms with van der Waals surface area (Å²) in [4.78, 5) is 16.7. The van der Waals surface area contributed by atoms with E-state index in [0.717, 1.165) is 25.7 Å². The number of benzene rings is 1. The molecule has 0 atom stereocenters. The third-order valence-electron chi connectivity index (χ3n) is 5.09. The molecule has 166 valence electrons. The summed E-state index contributed by atoms with van der Waals surface area (Å²) >= 11 is 1.25. The van der Waals surface area contributed by atoms with Crippen LogP contribution in [0, 0.1) is 0 Å². The fourth-order valence-corrected chi connectivity index (χ4v) is 5.60. The van der Waals surface area contributed by atoms with Gasteiger partial charge in [0.25, 0.3) is 0 Å². The zero-order chi connectivity index (χ0) is 21.7. The van der Waals surface area contributed by atoms with Gasteiger partial charge in [0, 0.05) is 31.0 Å². The van der Waals surface area contributed by atoms with E-state index >= 15 is 0 Å². The Bertz CT molecular complexity index is 1020. The Labute approximate surface area is 186 Å². The molecule has 2 aromatic rings. The molecule has 1 amide bonds. The van der Waals surface area contributed by atoms with Gasteiger partial charge in [-0.25, -0.2) is 13.4 Å². The number of hydrogen-bond donors (Lipinski definition) is 1. The maximum absolute atomic E-state index is 12.8. The summed E-state index contributed by atoms with van der Waals surface area (Å²) in [7, 11) is -3.52. The van der Waals surface area contributed by atoms with Gasteiger partial charge in [0.1, 0.15) is 18.1 Å². The molecule has 10 heteroatoms. The summed E-state index contributed by atoms with van der Waals surface area (Å²) in [5, 5.41) is 3.41. The van der Waals surface area contributed by atoms with Crippen LogP contribution < -0.4 is 14.8 Å². The molecule has 2 aliphatic rings. The number of nitrogens with one attached hydrogen (secondary N) is 1. The standard InChI is InChI=1S/C21H25N3O5S2/c25-20(23-16-5-7-18-19(13-16)29-12-11-28-18)15-30-21-8-6-17(14-22-21)31(26,27)24-9-3-1-2-4-10-24/h5-8,13-14H,1-4,9-12,15H2,(H,23,25). The monoisotopic (exact) mass is 463 g/mol. The number of nitrogens with zero attached hydrogens (tertiary/aromatic N) is 2. The molecule has 1 fully saturated rings. The number of carbonyl (C=O) groups is 1. The van der Waals surface area contributed by atoms with E-state index < -0.39 is 10.0 Å². The van der Waals surface area contributed by atoms with E-state index in [1.54, 1.807) is 34.6 Å². The number of hydrogen-bond acceptors (Lipinski definition) is 7. The number of fused-ring (bicyclic) bond motifs is 1. The van der Waals surface area contributed by atoms with Gasteiger partial charge in [-0.2, -0.15) is 4.31 Å². The highest BCUT2D eigenvalue weighted by molar-refractivity contribution is 7.99. The third-order valence-corrected chi connectivity index (χ3v) is 7.92. The molecule has 31 heavy (non-hydrogen) atoms. The lowest BCUT2D eigenvalue weighted by Crippen LogP contribution is -2.32. The van der Waals surface area contributed by atoms with Gasteiger partial charge in [-0.15, -0.1) is 0 Å². The van der Waals surface area contributed by atoms with Gasteiger partial charge in [-0.3, -0.25) is 4.79 Å². The van der Waals surface area contributed by atoms with Gasteiger partial charge in [0.05, 0.1) is 10.8 Å². The Balaban J connectivity index is 1.32. The van der Waals surface area contributed by atoms with Crippen molar-refractivity contribution >= 4 is 33.4 Å². The number of sulfonamides is 1. The zero-order valence-corrected chi connectivity index (χ0v) is 18.7. The summed E-state index contributed by atoms with van der Waals surface area (Å²) in [5.74, 6) is 1.24. The van der Waals surface area contributed by atoms with E-state index in [-0.39, 0.29) is 16.6 Å². The van der Waals surface area contributed by atoms with E-state index in [4.69, 9.17) is 9.47 Å². The van der Waals surface area contributed by atoms with Gasteiger partial charge in [-0.1, -0.05) is 24.6 Å². The Morgan fingerprint density at radius 3 is 2.48 bits per heavy atom. The fourth-order valence-electron chi connectivity index (χ4n) is 3.49. The number of pyridine rings is 1. The van der Waals surface area contributed by atoms with Crippen LogP contribution in [-0.2, 0) is 14.8 Å². The molecular weight excluding hydrogens is 438 g/mol. The van der Waals surface area contributed by atoms with Crippen LogP contribution in [0.5, 0.6) is 11.5 Å². The minimum atomic E-state index is -3.52. The molecule has 0 spiro atoms.